The summed E-state index contributed by atoms with van der Waals surface area (Å²) in [5, 5.41) is 2.85. The molecule has 1 unspecified atom stereocenters. The van der Waals surface area contributed by atoms with Crippen molar-refractivity contribution in [3.63, 3.8) is 0 Å². The highest BCUT2D eigenvalue weighted by Crippen LogP contribution is 2.18. The van der Waals surface area contributed by atoms with Crippen molar-refractivity contribution in [3.8, 4) is 5.75 Å². The molecule has 28 heavy (non-hydrogen) atoms. The van der Waals surface area contributed by atoms with Crippen molar-refractivity contribution < 1.29 is 14.3 Å². The molecule has 2 aromatic carbocycles. The maximum atomic E-state index is 12.8. The zero-order valence-electron chi connectivity index (χ0n) is 16.6. The number of amides is 2. The van der Waals surface area contributed by atoms with Crippen LogP contribution in [-0.4, -0.2) is 35.9 Å². The van der Waals surface area contributed by atoms with E-state index in [-0.39, 0.29) is 11.8 Å². The Bertz CT molecular complexity index is 809. The van der Waals surface area contributed by atoms with E-state index < -0.39 is 6.10 Å². The normalized spacial score (nSPS) is 15.4. The highest BCUT2D eigenvalue weighted by molar-refractivity contribution is 5.98. The van der Waals surface area contributed by atoms with E-state index in [1.165, 1.54) is 12.8 Å². The molecule has 0 saturated carbocycles. The maximum absolute atomic E-state index is 12.8. The van der Waals surface area contributed by atoms with Crippen molar-refractivity contribution in [1.82, 2.24) is 4.90 Å². The summed E-state index contributed by atoms with van der Waals surface area (Å²) in [6, 6.07) is 14.7. The number of hydrogen-bond donors (Lipinski definition) is 1. The number of nitrogens with one attached hydrogen (secondary N) is 1. The zero-order chi connectivity index (χ0) is 19.9. The molecule has 1 fully saturated rings. The molecule has 1 N–H and O–H groups in total. The average Bonchev–Trinajstić information content (AvgIpc) is 2.99. The van der Waals surface area contributed by atoms with E-state index in [0.29, 0.717) is 17.0 Å². The van der Waals surface area contributed by atoms with Crippen LogP contribution < -0.4 is 10.1 Å². The SMILES string of the molecule is Cc1ccc(OC(C)C(=O)Nc2cccc(C(=O)N3CCCCCC3)c2)cc1. The molecule has 0 bridgehead atoms. The van der Waals surface area contributed by atoms with Crippen molar-refractivity contribution in [1.29, 1.82) is 0 Å². The van der Waals surface area contributed by atoms with Crippen LogP contribution >= 0.6 is 0 Å². The minimum atomic E-state index is -0.646. The summed E-state index contributed by atoms with van der Waals surface area (Å²) in [6.45, 7) is 5.31. The molecule has 1 saturated heterocycles. The summed E-state index contributed by atoms with van der Waals surface area (Å²) in [7, 11) is 0. The van der Waals surface area contributed by atoms with E-state index in [1.807, 2.05) is 36.1 Å². The Labute approximate surface area is 166 Å². The quantitative estimate of drug-likeness (QED) is 0.835. The second kappa shape index (κ2) is 9.40. The standard InChI is InChI=1S/C23H28N2O3/c1-17-10-12-21(13-11-17)28-18(2)22(26)24-20-9-7-8-19(16-20)23(27)25-14-5-3-4-6-15-25/h7-13,16,18H,3-6,14-15H2,1-2H3,(H,24,26). The predicted octanol–water partition coefficient (Wildman–Crippen LogP) is 4.42. The number of anilines is 1. The summed E-state index contributed by atoms with van der Waals surface area (Å²) in [5.74, 6) is 0.431. The van der Waals surface area contributed by atoms with Crippen LogP contribution in [0.15, 0.2) is 48.5 Å². The van der Waals surface area contributed by atoms with E-state index in [4.69, 9.17) is 4.74 Å². The Morgan fingerprint density at radius 2 is 1.68 bits per heavy atom. The van der Waals surface area contributed by atoms with Crippen LogP contribution in [0.1, 0.15) is 48.5 Å². The second-order valence-corrected chi connectivity index (χ2v) is 7.35. The first-order valence-corrected chi connectivity index (χ1v) is 9.96. The van der Waals surface area contributed by atoms with Gasteiger partial charge in [0.25, 0.3) is 11.8 Å². The van der Waals surface area contributed by atoms with Crippen LogP contribution in [0.3, 0.4) is 0 Å². The van der Waals surface area contributed by atoms with E-state index in [2.05, 4.69) is 5.32 Å². The van der Waals surface area contributed by atoms with Gasteiger partial charge in [0.05, 0.1) is 0 Å². The van der Waals surface area contributed by atoms with Crippen molar-refractivity contribution in [3.05, 3.63) is 59.7 Å². The predicted molar refractivity (Wildman–Crippen MR) is 111 cm³/mol. The fourth-order valence-electron chi connectivity index (χ4n) is 3.30. The molecule has 5 heteroatoms. The van der Waals surface area contributed by atoms with Gasteiger partial charge in [-0.05, 0) is 57.0 Å². The van der Waals surface area contributed by atoms with Crippen molar-refractivity contribution in [2.45, 2.75) is 45.6 Å². The largest absolute Gasteiger partial charge is 0.481 e. The number of ether oxygens (including phenoxy) is 1. The lowest BCUT2D eigenvalue weighted by molar-refractivity contribution is -0.122. The molecule has 1 heterocycles. The molecular weight excluding hydrogens is 352 g/mol. The van der Waals surface area contributed by atoms with E-state index in [9.17, 15) is 9.59 Å². The van der Waals surface area contributed by atoms with Gasteiger partial charge in [-0.15, -0.1) is 0 Å². The Balaban J connectivity index is 1.62. The lowest BCUT2D eigenvalue weighted by Crippen LogP contribution is -2.32. The second-order valence-electron chi connectivity index (χ2n) is 7.35. The van der Waals surface area contributed by atoms with Gasteiger partial charge in [0.2, 0.25) is 0 Å². The van der Waals surface area contributed by atoms with E-state index in [0.717, 1.165) is 31.5 Å². The first-order valence-electron chi connectivity index (χ1n) is 9.96. The summed E-state index contributed by atoms with van der Waals surface area (Å²) in [5.41, 5.74) is 2.34. The topological polar surface area (TPSA) is 58.6 Å². The third-order valence-corrected chi connectivity index (χ3v) is 4.97. The van der Waals surface area contributed by atoms with Gasteiger partial charge in [0, 0.05) is 24.3 Å². The number of likely N-dealkylation sites (tertiary alicyclic amines) is 1. The van der Waals surface area contributed by atoms with E-state index in [1.54, 1.807) is 31.2 Å². The van der Waals surface area contributed by atoms with Gasteiger partial charge in [-0.25, -0.2) is 0 Å². The summed E-state index contributed by atoms with van der Waals surface area (Å²) in [4.78, 5) is 27.2. The molecular formula is C23H28N2O3. The maximum Gasteiger partial charge on any atom is 0.265 e. The van der Waals surface area contributed by atoms with Gasteiger partial charge < -0.3 is 15.0 Å². The molecule has 5 nitrogen and oxygen atoms in total. The lowest BCUT2D eigenvalue weighted by Gasteiger charge is -2.21. The monoisotopic (exact) mass is 380 g/mol. The molecule has 1 atom stereocenters. The molecule has 0 spiro atoms. The first-order chi connectivity index (χ1) is 13.5. The smallest absolute Gasteiger partial charge is 0.265 e. The fourth-order valence-corrected chi connectivity index (χ4v) is 3.30. The summed E-state index contributed by atoms with van der Waals surface area (Å²) in [6.07, 6.45) is 3.82. The molecule has 1 aliphatic heterocycles. The van der Waals surface area contributed by atoms with Gasteiger partial charge in [-0.1, -0.05) is 36.6 Å². The number of hydrogen-bond acceptors (Lipinski definition) is 3. The summed E-state index contributed by atoms with van der Waals surface area (Å²) < 4.78 is 5.70. The van der Waals surface area contributed by atoms with Gasteiger partial charge in [-0.3, -0.25) is 9.59 Å². The molecule has 2 amide bonds. The summed E-state index contributed by atoms with van der Waals surface area (Å²) >= 11 is 0. The first kappa shape index (κ1) is 19.9. The van der Waals surface area contributed by atoms with Crippen LogP contribution in [0, 0.1) is 6.92 Å². The molecule has 148 valence electrons. The highest BCUT2D eigenvalue weighted by Gasteiger charge is 2.19. The number of aryl methyl sites for hydroxylation is 1. The molecule has 0 aliphatic carbocycles. The lowest BCUT2D eigenvalue weighted by atomic mass is 10.1. The zero-order valence-corrected chi connectivity index (χ0v) is 16.6. The molecule has 1 aliphatic rings. The van der Waals surface area contributed by atoms with Gasteiger partial charge in [0.15, 0.2) is 6.10 Å². The Hall–Kier alpha value is -2.82. The average molecular weight is 380 g/mol. The fraction of sp³-hybridized carbons (Fsp3) is 0.391. The highest BCUT2D eigenvalue weighted by atomic mass is 16.5. The number of carbonyl (C=O) groups excluding carboxylic acids is 2. The van der Waals surface area contributed by atoms with Crippen molar-refractivity contribution in [2.24, 2.45) is 0 Å². The third kappa shape index (κ3) is 5.35. The van der Waals surface area contributed by atoms with Crippen LogP contribution in [-0.2, 0) is 4.79 Å². The number of carbonyl (C=O) groups is 2. The number of benzene rings is 2. The molecule has 2 aromatic rings. The Morgan fingerprint density at radius 3 is 2.36 bits per heavy atom. The van der Waals surface area contributed by atoms with E-state index >= 15 is 0 Å². The van der Waals surface area contributed by atoms with Crippen LogP contribution in [0.4, 0.5) is 5.69 Å². The molecule has 0 aromatic heterocycles. The van der Waals surface area contributed by atoms with Crippen LogP contribution in [0.2, 0.25) is 0 Å². The van der Waals surface area contributed by atoms with Crippen molar-refractivity contribution >= 4 is 17.5 Å². The molecule has 3 rings (SSSR count). The molecule has 0 radical (unpaired) electrons. The Kier molecular flexibility index (Phi) is 6.69. The van der Waals surface area contributed by atoms with Gasteiger partial charge in [-0.2, -0.15) is 0 Å². The minimum absolute atomic E-state index is 0.0296. The van der Waals surface area contributed by atoms with Gasteiger partial charge in [0.1, 0.15) is 5.75 Å². The van der Waals surface area contributed by atoms with Crippen molar-refractivity contribution in [2.75, 3.05) is 18.4 Å². The minimum Gasteiger partial charge on any atom is -0.481 e. The number of nitrogens with zero attached hydrogens (tertiary/aromatic N) is 1. The Morgan fingerprint density at radius 1 is 1.00 bits per heavy atom. The van der Waals surface area contributed by atoms with Gasteiger partial charge >= 0.3 is 0 Å². The third-order valence-electron chi connectivity index (χ3n) is 4.97. The van der Waals surface area contributed by atoms with Crippen LogP contribution in [0.25, 0.3) is 0 Å². The van der Waals surface area contributed by atoms with Crippen LogP contribution in [0.5, 0.6) is 5.75 Å². The number of rotatable bonds is 5.